The van der Waals surface area contributed by atoms with Gasteiger partial charge in [0.1, 0.15) is 11.6 Å². The van der Waals surface area contributed by atoms with Gasteiger partial charge in [-0.1, -0.05) is 35.9 Å². The number of hydrazone groups is 1. The largest absolute Gasteiger partial charge is 0.482 e. The number of halogens is 3. The first-order chi connectivity index (χ1) is 16.3. The quantitative estimate of drug-likeness (QED) is 0.331. The Labute approximate surface area is 207 Å². The number of rotatable bonds is 6. The lowest BCUT2D eigenvalue weighted by Crippen LogP contribution is -2.28. The summed E-state index contributed by atoms with van der Waals surface area (Å²) in [6, 6.07) is 8.89. The number of carbonyl (C=O) groups excluding carboxylic acids is 3. The van der Waals surface area contributed by atoms with Crippen LogP contribution in [-0.2, 0) is 14.4 Å². The van der Waals surface area contributed by atoms with Gasteiger partial charge >= 0.3 is 0 Å². The molecule has 1 N–H and O–H groups in total. The van der Waals surface area contributed by atoms with Gasteiger partial charge in [0.15, 0.2) is 6.61 Å². The van der Waals surface area contributed by atoms with E-state index in [0.29, 0.717) is 15.1 Å². The van der Waals surface area contributed by atoms with Gasteiger partial charge in [-0.3, -0.25) is 14.4 Å². The molecule has 0 aromatic heterocycles. The lowest BCUT2D eigenvalue weighted by molar-refractivity contribution is -0.140. The summed E-state index contributed by atoms with van der Waals surface area (Å²) in [5.74, 6) is -2.07. The van der Waals surface area contributed by atoms with Crippen LogP contribution in [0.2, 0.25) is 5.02 Å². The lowest BCUT2D eigenvalue weighted by atomic mass is 9.85. The van der Waals surface area contributed by atoms with Crippen LogP contribution in [0.25, 0.3) is 0 Å². The van der Waals surface area contributed by atoms with E-state index in [-0.39, 0.29) is 46.9 Å². The van der Waals surface area contributed by atoms with Crippen molar-refractivity contribution < 1.29 is 23.5 Å². The fourth-order valence-electron chi connectivity index (χ4n) is 4.84. The summed E-state index contributed by atoms with van der Waals surface area (Å²) in [5.41, 5.74) is 0.393. The number of allylic oxidation sites excluding steroid dienone is 2. The Balaban J connectivity index is 1.32. The number of nitrogens with one attached hydrogen (secondary N) is 1. The number of ether oxygens (including phenoxy) is 1. The second-order valence-electron chi connectivity index (χ2n) is 8.36. The van der Waals surface area contributed by atoms with Crippen LogP contribution < -0.4 is 10.1 Å². The van der Waals surface area contributed by atoms with Crippen molar-refractivity contribution in [3.63, 3.8) is 0 Å². The highest BCUT2D eigenvalue weighted by atomic mass is 79.9. The minimum absolute atomic E-state index is 0.0353. The fraction of sp³-hybridized carbons (Fsp3) is 0.250. The molecular formula is C24H18BrClFN3O4. The number of fused-ring (bicyclic) bond motifs is 5. The first kappa shape index (κ1) is 22.7. The molecule has 2 bridgehead atoms. The Morgan fingerprint density at radius 2 is 1.88 bits per heavy atom. The van der Waals surface area contributed by atoms with E-state index in [0.717, 1.165) is 11.4 Å². The smallest absolute Gasteiger partial charge is 0.262 e. The molecule has 3 amide bonds. The minimum Gasteiger partial charge on any atom is -0.482 e. The van der Waals surface area contributed by atoms with E-state index in [4.69, 9.17) is 16.3 Å². The molecule has 0 radical (unpaired) electrons. The average Bonchev–Trinajstić information content (AvgIpc) is 3.47. The SMILES string of the molecule is O=C(COc1c(Br)cc(Cl)cc1C=NN1C(=O)[C@@H]2[C@H](C1=O)[C@H]1C=C[C@H]2C1)Nc1ccccc1F. The number of hydrogen-bond acceptors (Lipinski definition) is 5. The zero-order chi connectivity index (χ0) is 24.0. The summed E-state index contributed by atoms with van der Waals surface area (Å²) in [6.07, 6.45) is 6.17. The lowest BCUT2D eigenvalue weighted by Gasteiger charge is -2.14. The van der Waals surface area contributed by atoms with E-state index in [1.807, 2.05) is 12.2 Å². The first-order valence-corrected chi connectivity index (χ1v) is 11.8. The normalized spacial score (nSPS) is 24.9. The number of nitrogens with zero attached hydrogens (tertiary/aromatic N) is 2. The molecule has 174 valence electrons. The van der Waals surface area contributed by atoms with Crippen LogP contribution in [-0.4, -0.2) is 35.6 Å². The van der Waals surface area contributed by atoms with E-state index in [1.165, 1.54) is 30.5 Å². The van der Waals surface area contributed by atoms with Crippen LogP contribution in [0.15, 0.2) is 58.1 Å². The summed E-state index contributed by atoms with van der Waals surface area (Å²) < 4.78 is 19.9. The van der Waals surface area contributed by atoms with Crippen LogP contribution in [0.5, 0.6) is 5.75 Å². The van der Waals surface area contributed by atoms with Gasteiger partial charge in [-0.15, -0.1) is 0 Å². The van der Waals surface area contributed by atoms with E-state index in [1.54, 1.807) is 12.1 Å². The third-order valence-electron chi connectivity index (χ3n) is 6.29. The molecule has 2 fully saturated rings. The van der Waals surface area contributed by atoms with E-state index < -0.39 is 18.3 Å². The average molecular weight is 547 g/mol. The summed E-state index contributed by atoms with van der Waals surface area (Å²) in [4.78, 5) is 38.0. The maximum absolute atomic E-state index is 13.8. The Morgan fingerprint density at radius 1 is 1.21 bits per heavy atom. The summed E-state index contributed by atoms with van der Waals surface area (Å²) in [7, 11) is 0. The first-order valence-electron chi connectivity index (χ1n) is 10.6. The van der Waals surface area contributed by atoms with Crippen molar-refractivity contribution in [2.75, 3.05) is 11.9 Å². The highest BCUT2D eigenvalue weighted by molar-refractivity contribution is 9.10. The number of para-hydroxylation sites is 1. The molecular weight excluding hydrogens is 529 g/mol. The Kier molecular flexibility index (Phi) is 5.99. The number of amides is 3. The number of imide groups is 1. The van der Waals surface area contributed by atoms with Gasteiger partial charge in [0.25, 0.3) is 17.7 Å². The molecule has 2 aromatic carbocycles. The van der Waals surface area contributed by atoms with Gasteiger partial charge < -0.3 is 10.1 Å². The van der Waals surface area contributed by atoms with Crippen LogP contribution in [0.4, 0.5) is 10.1 Å². The molecule has 2 aromatic rings. The van der Waals surface area contributed by atoms with Gasteiger partial charge in [0.05, 0.1) is 28.2 Å². The monoisotopic (exact) mass is 545 g/mol. The molecule has 4 atom stereocenters. The van der Waals surface area contributed by atoms with Crippen molar-refractivity contribution in [3.05, 3.63) is 69.4 Å². The molecule has 1 heterocycles. The second-order valence-corrected chi connectivity index (χ2v) is 9.65. The molecule has 3 aliphatic rings. The molecule has 1 aliphatic heterocycles. The molecule has 1 saturated carbocycles. The third kappa shape index (κ3) is 4.03. The summed E-state index contributed by atoms with van der Waals surface area (Å²) >= 11 is 9.51. The van der Waals surface area contributed by atoms with E-state index in [9.17, 15) is 18.8 Å². The second kappa shape index (κ2) is 8.96. The van der Waals surface area contributed by atoms with Crippen molar-refractivity contribution in [2.24, 2.45) is 28.8 Å². The van der Waals surface area contributed by atoms with Gasteiger partial charge in [-0.05, 0) is 58.5 Å². The molecule has 0 unspecified atom stereocenters. The molecule has 10 heteroatoms. The topological polar surface area (TPSA) is 88.1 Å². The maximum Gasteiger partial charge on any atom is 0.262 e. The van der Waals surface area contributed by atoms with Gasteiger partial charge in [0, 0.05) is 10.6 Å². The Bertz CT molecular complexity index is 1240. The number of anilines is 1. The maximum atomic E-state index is 13.8. The zero-order valence-electron chi connectivity index (χ0n) is 17.6. The molecule has 34 heavy (non-hydrogen) atoms. The third-order valence-corrected chi connectivity index (χ3v) is 7.10. The Hall–Kier alpha value is -3.04. The standard InChI is InChI=1S/C24H18BrClFN3O4/c25-16-9-15(26)8-14(22(16)34-11-19(31)29-18-4-2-1-3-17(18)27)10-28-30-23(32)20-12-5-6-13(7-12)21(20)24(30)33/h1-6,8-10,12-13,20-21H,7,11H2,(H,29,31)/t12-,13-,20-,21+/m0/s1. The highest BCUT2D eigenvalue weighted by Crippen LogP contribution is 2.52. The van der Waals surface area contributed by atoms with E-state index >= 15 is 0 Å². The number of carbonyl (C=O) groups is 3. The van der Waals surface area contributed by atoms with Crippen molar-refractivity contribution in [3.8, 4) is 5.75 Å². The molecule has 0 spiro atoms. The predicted molar refractivity (Wildman–Crippen MR) is 127 cm³/mol. The molecule has 7 nitrogen and oxygen atoms in total. The minimum atomic E-state index is -0.574. The zero-order valence-corrected chi connectivity index (χ0v) is 19.9. The van der Waals surface area contributed by atoms with Gasteiger partial charge in [-0.2, -0.15) is 10.1 Å². The van der Waals surface area contributed by atoms with Crippen LogP contribution in [0.1, 0.15) is 12.0 Å². The summed E-state index contributed by atoms with van der Waals surface area (Å²) in [6.45, 7) is -0.420. The van der Waals surface area contributed by atoms with Crippen molar-refractivity contribution in [1.29, 1.82) is 0 Å². The van der Waals surface area contributed by atoms with Crippen LogP contribution >= 0.6 is 27.5 Å². The number of benzene rings is 2. The molecule has 5 rings (SSSR count). The fourth-order valence-corrected chi connectivity index (χ4v) is 5.78. The molecule has 1 saturated heterocycles. The predicted octanol–water partition coefficient (Wildman–Crippen LogP) is 4.40. The number of hydrogen-bond donors (Lipinski definition) is 1. The Morgan fingerprint density at radius 3 is 2.56 bits per heavy atom. The van der Waals surface area contributed by atoms with Crippen molar-refractivity contribution >= 4 is 57.2 Å². The van der Waals surface area contributed by atoms with Crippen molar-refractivity contribution in [1.82, 2.24) is 5.01 Å². The van der Waals surface area contributed by atoms with Gasteiger partial charge in [-0.25, -0.2) is 4.39 Å². The van der Waals surface area contributed by atoms with Crippen LogP contribution in [0, 0.1) is 29.5 Å². The van der Waals surface area contributed by atoms with E-state index in [2.05, 4.69) is 26.3 Å². The van der Waals surface area contributed by atoms with Gasteiger partial charge in [0.2, 0.25) is 0 Å². The summed E-state index contributed by atoms with van der Waals surface area (Å²) in [5, 5.41) is 7.87. The van der Waals surface area contributed by atoms with Crippen LogP contribution in [0.3, 0.4) is 0 Å². The highest BCUT2D eigenvalue weighted by Gasteiger charge is 2.59. The van der Waals surface area contributed by atoms with Crippen molar-refractivity contribution in [2.45, 2.75) is 6.42 Å². The molecule has 2 aliphatic carbocycles.